The molecule has 5 nitrogen and oxygen atoms in total. The minimum absolute atomic E-state index is 0.0735. The summed E-state index contributed by atoms with van der Waals surface area (Å²) in [6, 6.07) is 18.5. The molecular formula is C26H30N4O. The van der Waals surface area contributed by atoms with Crippen LogP contribution in [0.4, 0.5) is 0 Å². The second-order valence-corrected chi connectivity index (χ2v) is 8.18. The summed E-state index contributed by atoms with van der Waals surface area (Å²) >= 11 is 0. The molecule has 160 valence electrons. The highest BCUT2D eigenvalue weighted by Gasteiger charge is 2.30. The molecular weight excluding hydrogens is 384 g/mol. The Morgan fingerprint density at radius 1 is 1.00 bits per heavy atom. The monoisotopic (exact) mass is 414 g/mol. The molecule has 4 rings (SSSR count). The topological polar surface area (TPSA) is 49.3 Å². The molecule has 1 aliphatic rings. The van der Waals surface area contributed by atoms with Crippen molar-refractivity contribution in [3.05, 3.63) is 84.4 Å². The summed E-state index contributed by atoms with van der Waals surface area (Å²) < 4.78 is 0. The molecule has 0 bridgehead atoms. The van der Waals surface area contributed by atoms with Crippen molar-refractivity contribution in [2.75, 3.05) is 26.2 Å². The van der Waals surface area contributed by atoms with Crippen molar-refractivity contribution in [1.82, 2.24) is 19.8 Å². The highest BCUT2D eigenvalue weighted by molar-refractivity contribution is 5.80. The first-order valence-corrected chi connectivity index (χ1v) is 11.1. The highest BCUT2D eigenvalue weighted by Crippen LogP contribution is 2.27. The normalized spacial score (nSPS) is 17.5. The van der Waals surface area contributed by atoms with Gasteiger partial charge >= 0.3 is 0 Å². The van der Waals surface area contributed by atoms with Crippen molar-refractivity contribution < 1.29 is 4.79 Å². The van der Waals surface area contributed by atoms with Gasteiger partial charge in [0.15, 0.2) is 0 Å². The molecule has 1 saturated heterocycles. The van der Waals surface area contributed by atoms with E-state index in [1.807, 2.05) is 30.6 Å². The molecule has 0 saturated carbocycles. The van der Waals surface area contributed by atoms with E-state index in [9.17, 15) is 4.79 Å². The molecule has 1 atom stereocenters. The summed E-state index contributed by atoms with van der Waals surface area (Å²) in [7, 11) is 0. The molecule has 1 aliphatic heterocycles. The number of hydrogen-bond donors (Lipinski definition) is 0. The van der Waals surface area contributed by atoms with E-state index >= 15 is 0 Å². The average molecular weight is 415 g/mol. The second kappa shape index (κ2) is 10.3. The maximum Gasteiger partial charge on any atom is 0.227 e. The first kappa shape index (κ1) is 21.2. The third-order valence-electron chi connectivity index (χ3n) is 5.89. The van der Waals surface area contributed by atoms with Crippen molar-refractivity contribution in [3.8, 4) is 11.1 Å². The van der Waals surface area contributed by atoms with Crippen LogP contribution in [-0.2, 0) is 17.8 Å². The Bertz CT molecular complexity index is 977. The number of carbonyl (C=O) groups is 1. The second-order valence-electron chi connectivity index (χ2n) is 8.18. The van der Waals surface area contributed by atoms with Crippen molar-refractivity contribution in [1.29, 1.82) is 0 Å². The molecule has 2 aromatic heterocycles. The largest absolute Gasteiger partial charge is 0.341 e. The van der Waals surface area contributed by atoms with Crippen LogP contribution < -0.4 is 0 Å². The Hall–Kier alpha value is -3.05. The predicted molar refractivity (Wildman–Crippen MR) is 123 cm³/mol. The average Bonchev–Trinajstić information content (AvgIpc) is 2.95. The van der Waals surface area contributed by atoms with Crippen LogP contribution in [0.1, 0.15) is 24.6 Å². The number of rotatable bonds is 7. The molecule has 0 radical (unpaired) electrons. The van der Waals surface area contributed by atoms with Gasteiger partial charge in [0, 0.05) is 56.9 Å². The van der Waals surface area contributed by atoms with Crippen LogP contribution >= 0.6 is 0 Å². The smallest absolute Gasteiger partial charge is 0.227 e. The van der Waals surface area contributed by atoms with Crippen LogP contribution in [0, 0.1) is 5.92 Å². The predicted octanol–water partition coefficient (Wildman–Crippen LogP) is 4.06. The molecule has 0 unspecified atom stereocenters. The van der Waals surface area contributed by atoms with Gasteiger partial charge in [-0.15, -0.1) is 0 Å². The van der Waals surface area contributed by atoms with Crippen molar-refractivity contribution in [2.24, 2.45) is 5.92 Å². The van der Waals surface area contributed by atoms with E-state index < -0.39 is 0 Å². The number of hydrogen-bond acceptors (Lipinski definition) is 4. The van der Waals surface area contributed by atoms with Crippen LogP contribution in [0.2, 0.25) is 0 Å². The first-order valence-electron chi connectivity index (χ1n) is 11.1. The molecule has 31 heavy (non-hydrogen) atoms. The Kier molecular flexibility index (Phi) is 7.05. The fourth-order valence-electron chi connectivity index (χ4n) is 4.39. The number of pyridine rings is 2. The maximum atomic E-state index is 13.5. The summed E-state index contributed by atoms with van der Waals surface area (Å²) in [5.74, 6) is 0.196. The Morgan fingerprint density at radius 2 is 1.87 bits per heavy atom. The molecule has 1 aromatic carbocycles. The van der Waals surface area contributed by atoms with Gasteiger partial charge in [0.1, 0.15) is 0 Å². The van der Waals surface area contributed by atoms with E-state index in [0.717, 1.165) is 62.4 Å². The first-order chi connectivity index (χ1) is 15.2. The van der Waals surface area contributed by atoms with Gasteiger partial charge in [-0.25, -0.2) is 0 Å². The Balaban J connectivity index is 1.59. The van der Waals surface area contributed by atoms with Gasteiger partial charge in [-0.05, 0) is 42.2 Å². The number of nitrogens with zero attached hydrogens (tertiary/aromatic N) is 4. The van der Waals surface area contributed by atoms with Gasteiger partial charge in [0.25, 0.3) is 0 Å². The minimum atomic E-state index is -0.0735. The fraction of sp³-hybridized carbons (Fsp3) is 0.346. The fourth-order valence-corrected chi connectivity index (χ4v) is 4.39. The third kappa shape index (κ3) is 5.36. The van der Waals surface area contributed by atoms with E-state index in [0.29, 0.717) is 0 Å². The lowest BCUT2D eigenvalue weighted by Gasteiger charge is -2.24. The molecule has 0 spiro atoms. The lowest BCUT2D eigenvalue weighted by molar-refractivity contribution is -0.134. The van der Waals surface area contributed by atoms with Gasteiger partial charge in [0.2, 0.25) is 5.91 Å². The third-order valence-corrected chi connectivity index (χ3v) is 5.89. The van der Waals surface area contributed by atoms with Crippen molar-refractivity contribution >= 4 is 5.91 Å². The summed E-state index contributed by atoms with van der Waals surface area (Å²) in [5, 5.41) is 0. The van der Waals surface area contributed by atoms with E-state index in [1.165, 1.54) is 5.56 Å². The van der Waals surface area contributed by atoms with Gasteiger partial charge in [-0.2, -0.15) is 0 Å². The summed E-state index contributed by atoms with van der Waals surface area (Å²) in [5.41, 5.74) is 4.50. The molecule has 0 N–H and O–H groups in total. The lowest BCUT2D eigenvalue weighted by Crippen LogP contribution is -2.37. The zero-order chi connectivity index (χ0) is 21.5. The summed E-state index contributed by atoms with van der Waals surface area (Å²) in [4.78, 5) is 26.7. The van der Waals surface area contributed by atoms with Crippen LogP contribution in [0.5, 0.6) is 0 Å². The minimum Gasteiger partial charge on any atom is -0.341 e. The molecule has 3 heterocycles. The van der Waals surface area contributed by atoms with E-state index in [1.54, 1.807) is 6.20 Å². The van der Waals surface area contributed by atoms with Crippen molar-refractivity contribution in [2.45, 2.75) is 26.3 Å². The standard InChI is InChI=1S/C26H30N4O/c1-2-14-30-16-15-29(20-24-10-5-6-13-28-24)19-23(26(30)31)17-21-8-3-4-11-25(21)22-9-7-12-27-18-22/h3-13,18,23H,2,14-17,19-20H2,1H3/t23-/m0/s1. The summed E-state index contributed by atoms with van der Waals surface area (Å²) in [6.45, 7) is 6.13. The molecule has 0 aliphatic carbocycles. The highest BCUT2D eigenvalue weighted by atomic mass is 16.2. The van der Waals surface area contributed by atoms with Crippen LogP contribution in [-0.4, -0.2) is 51.9 Å². The van der Waals surface area contributed by atoms with Gasteiger partial charge in [0.05, 0.1) is 11.6 Å². The maximum absolute atomic E-state index is 13.5. The van der Waals surface area contributed by atoms with E-state index in [-0.39, 0.29) is 11.8 Å². The van der Waals surface area contributed by atoms with Gasteiger partial charge < -0.3 is 4.90 Å². The van der Waals surface area contributed by atoms with E-state index in [4.69, 9.17) is 0 Å². The van der Waals surface area contributed by atoms with Crippen LogP contribution in [0.3, 0.4) is 0 Å². The number of amides is 1. The zero-order valence-corrected chi connectivity index (χ0v) is 18.2. The Morgan fingerprint density at radius 3 is 2.65 bits per heavy atom. The summed E-state index contributed by atoms with van der Waals surface area (Å²) in [6.07, 6.45) is 7.22. The van der Waals surface area contributed by atoms with Crippen LogP contribution in [0.25, 0.3) is 11.1 Å². The Labute approximate surface area is 184 Å². The van der Waals surface area contributed by atoms with E-state index in [2.05, 4.69) is 63.1 Å². The number of carbonyl (C=O) groups excluding carboxylic acids is 1. The number of aromatic nitrogens is 2. The molecule has 1 amide bonds. The SMILES string of the molecule is CCCN1CCN(Cc2ccccn2)C[C@H](Cc2ccccc2-c2cccnc2)C1=O. The number of benzene rings is 1. The lowest BCUT2D eigenvalue weighted by atomic mass is 9.91. The van der Waals surface area contributed by atoms with Crippen LogP contribution in [0.15, 0.2) is 73.2 Å². The van der Waals surface area contributed by atoms with Gasteiger partial charge in [-0.3, -0.25) is 19.7 Å². The molecule has 1 fully saturated rings. The van der Waals surface area contributed by atoms with Crippen molar-refractivity contribution in [3.63, 3.8) is 0 Å². The zero-order valence-electron chi connectivity index (χ0n) is 18.2. The molecule has 3 aromatic rings. The molecule has 5 heteroatoms. The van der Waals surface area contributed by atoms with Gasteiger partial charge in [-0.1, -0.05) is 43.3 Å². The quantitative estimate of drug-likeness (QED) is 0.585.